The summed E-state index contributed by atoms with van der Waals surface area (Å²) >= 11 is 0. The standard InChI is InChI=1S/C12H26N2OS/c1-9(2)12-8-14(10(3)6-13-12)7-11(4)16(5)15/h9-13H,6-8H2,1-5H3. The first kappa shape index (κ1) is 14.1. The largest absolute Gasteiger partial charge is 0.311 e. The van der Waals surface area contributed by atoms with Crippen molar-refractivity contribution in [1.29, 1.82) is 0 Å². The summed E-state index contributed by atoms with van der Waals surface area (Å²) in [6.07, 6.45) is 1.80. The van der Waals surface area contributed by atoms with Gasteiger partial charge < -0.3 is 5.32 Å². The SMILES string of the molecule is CC(C)C1CN(CC(C)S(C)=O)C(C)CN1. The lowest BCUT2D eigenvalue weighted by molar-refractivity contribution is 0.124. The lowest BCUT2D eigenvalue weighted by Gasteiger charge is -2.41. The highest BCUT2D eigenvalue weighted by Crippen LogP contribution is 2.13. The molecule has 0 amide bonds. The van der Waals surface area contributed by atoms with Crippen LogP contribution in [0, 0.1) is 5.92 Å². The van der Waals surface area contributed by atoms with E-state index in [0.717, 1.165) is 19.6 Å². The van der Waals surface area contributed by atoms with Crippen molar-refractivity contribution in [3.8, 4) is 0 Å². The molecule has 1 saturated heterocycles. The lowest BCUT2D eigenvalue weighted by atomic mass is 10.00. The first-order valence-corrected chi connectivity index (χ1v) is 7.83. The fraction of sp³-hybridized carbons (Fsp3) is 1.00. The number of rotatable bonds is 4. The summed E-state index contributed by atoms with van der Waals surface area (Å²) in [6.45, 7) is 11.9. The molecule has 0 spiro atoms. The van der Waals surface area contributed by atoms with Crippen molar-refractivity contribution in [2.45, 2.75) is 45.0 Å². The van der Waals surface area contributed by atoms with Gasteiger partial charge in [-0.05, 0) is 19.8 Å². The molecule has 1 heterocycles. The molecule has 0 aromatic carbocycles. The van der Waals surface area contributed by atoms with Gasteiger partial charge in [-0.3, -0.25) is 9.11 Å². The fourth-order valence-corrected chi connectivity index (χ4v) is 2.49. The first-order chi connectivity index (χ1) is 7.41. The van der Waals surface area contributed by atoms with Crippen molar-refractivity contribution < 1.29 is 4.21 Å². The first-order valence-electron chi connectivity index (χ1n) is 6.21. The maximum atomic E-state index is 11.4. The van der Waals surface area contributed by atoms with Gasteiger partial charge in [0.1, 0.15) is 0 Å². The van der Waals surface area contributed by atoms with Gasteiger partial charge in [-0.15, -0.1) is 0 Å². The average molecular weight is 246 g/mol. The van der Waals surface area contributed by atoms with Crippen LogP contribution in [-0.4, -0.2) is 52.3 Å². The van der Waals surface area contributed by atoms with Crippen LogP contribution in [-0.2, 0) is 10.8 Å². The molecule has 0 aromatic rings. The van der Waals surface area contributed by atoms with E-state index in [4.69, 9.17) is 0 Å². The van der Waals surface area contributed by atoms with E-state index in [1.807, 2.05) is 0 Å². The molecule has 1 fully saturated rings. The van der Waals surface area contributed by atoms with E-state index in [-0.39, 0.29) is 5.25 Å². The number of nitrogens with zero attached hydrogens (tertiary/aromatic N) is 1. The van der Waals surface area contributed by atoms with Crippen LogP contribution in [0.2, 0.25) is 0 Å². The van der Waals surface area contributed by atoms with E-state index in [2.05, 4.69) is 37.9 Å². The molecule has 0 bridgehead atoms. The fourth-order valence-electron chi connectivity index (χ4n) is 2.08. The van der Waals surface area contributed by atoms with E-state index in [1.54, 1.807) is 6.26 Å². The van der Waals surface area contributed by atoms with Gasteiger partial charge in [0.15, 0.2) is 0 Å². The number of hydrogen-bond donors (Lipinski definition) is 1. The van der Waals surface area contributed by atoms with Gasteiger partial charge in [-0.25, -0.2) is 0 Å². The van der Waals surface area contributed by atoms with Crippen LogP contribution in [0.1, 0.15) is 27.7 Å². The van der Waals surface area contributed by atoms with Gasteiger partial charge in [0.25, 0.3) is 0 Å². The van der Waals surface area contributed by atoms with Gasteiger partial charge in [0, 0.05) is 54.0 Å². The zero-order valence-corrected chi connectivity index (χ0v) is 12.0. The van der Waals surface area contributed by atoms with Gasteiger partial charge in [0.05, 0.1) is 0 Å². The van der Waals surface area contributed by atoms with Crippen LogP contribution in [0.15, 0.2) is 0 Å². The molecular formula is C12H26N2OS. The van der Waals surface area contributed by atoms with Crippen molar-refractivity contribution >= 4 is 10.8 Å². The molecule has 1 aliphatic rings. The van der Waals surface area contributed by atoms with Crippen molar-refractivity contribution in [1.82, 2.24) is 10.2 Å². The maximum absolute atomic E-state index is 11.4. The lowest BCUT2D eigenvalue weighted by Crippen LogP contribution is -2.58. The maximum Gasteiger partial charge on any atom is 0.0444 e. The summed E-state index contributed by atoms with van der Waals surface area (Å²) in [6, 6.07) is 1.13. The Morgan fingerprint density at radius 2 is 2.06 bits per heavy atom. The molecule has 4 atom stereocenters. The Balaban J connectivity index is 2.53. The number of nitrogens with one attached hydrogen (secondary N) is 1. The van der Waals surface area contributed by atoms with Gasteiger partial charge in [0.2, 0.25) is 0 Å². The van der Waals surface area contributed by atoms with Gasteiger partial charge in [-0.1, -0.05) is 13.8 Å². The molecule has 0 saturated carbocycles. The van der Waals surface area contributed by atoms with Crippen LogP contribution in [0.3, 0.4) is 0 Å². The Bertz CT molecular complexity index is 245. The van der Waals surface area contributed by atoms with E-state index >= 15 is 0 Å². The van der Waals surface area contributed by atoms with E-state index in [1.165, 1.54) is 0 Å². The molecule has 4 heteroatoms. The van der Waals surface area contributed by atoms with E-state index < -0.39 is 10.8 Å². The van der Waals surface area contributed by atoms with Crippen molar-refractivity contribution in [2.75, 3.05) is 25.9 Å². The predicted octanol–water partition coefficient (Wildman–Crippen LogP) is 1.07. The monoisotopic (exact) mass is 246 g/mol. The van der Waals surface area contributed by atoms with Crippen LogP contribution >= 0.6 is 0 Å². The number of piperazine rings is 1. The predicted molar refractivity (Wildman–Crippen MR) is 71.2 cm³/mol. The summed E-state index contributed by atoms with van der Waals surface area (Å²) in [5.41, 5.74) is 0. The van der Waals surface area contributed by atoms with Crippen molar-refractivity contribution in [3.63, 3.8) is 0 Å². The summed E-state index contributed by atoms with van der Waals surface area (Å²) < 4.78 is 11.4. The Kier molecular flexibility index (Phi) is 5.41. The minimum atomic E-state index is -0.711. The second kappa shape index (κ2) is 6.12. The normalized spacial score (nSPS) is 31.6. The molecule has 0 aromatic heterocycles. The summed E-state index contributed by atoms with van der Waals surface area (Å²) in [5, 5.41) is 3.85. The van der Waals surface area contributed by atoms with Gasteiger partial charge >= 0.3 is 0 Å². The molecule has 16 heavy (non-hydrogen) atoms. The minimum absolute atomic E-state index is 0.272. The van der Waals surface area contributed by atoms with Crippen LogP contribution < -0.4 is 5.32 Å². The topological polar surface area (TPSA) is 32.3 Å². The Morgan fingerprint density at radius 3 is 2.56 bits per heavy atom. The van der Waals surface area contributed by atoms with Crippen LogP contribution in [0.5, 0.6) is 0 Å². The summed E-state index contributed by atoms with van der Waals surface area (Å²) in [7, 11) is -0.711. The second-order valence-electron chi connectivity index (χ2n) is 5.37. The van der Waals surface area contributed by atoms with E-state index in [0.29, 0.717) is 18.0 Å². The van der Waals surface area contributed by atoms with Crippen molar-refractivity contribution in [2.24, 2.45) is 5.92 Å². The minimum Gasteiger partial charge on any atom is -0.311 e. The zero-order chi connectivity index (χ0) is 12.3. The number of hydrogen-bond acceptors (Lipinski definition) is 3. The van der Waals surface area contributed by atoms with E-state index in [9.17, 15) is 4.21 Å². The average Bonchev–Trinajstić information content (AvgIpc) is 2.20. The highest BCUT2D eigenvalue weighted by molar-refractivity contribution is 7.84. The smallest absolute Gasteiger partial charge is 0.0444 e. The molecule has 4 unspecified atom stereocenters. The van der Waals surface area contributed by atoms with Crippen molar-refractivity contribution in [3.05, 3.63) is 0 Å². The molecule has 1 rings (SSSR count). The Morgan fingerprint density at radius 1 is 1.44 bits per heavy atom. The molecule has 1 N–H and O–H groups in total. The highest BCUT2D eigenvalue weighted by Gasteiger charge is 2.27. The summed E-state index contributed by atoms with van der Waals surface area (Å²) in [5.74, 6) is 0.664. The molecule has 1 aliphatic heterocycles. The Labute approximate surface area is 102 Å². The summed E-state index contributed by atoms with van der Waals surface area (Å²) in [4.78, 5) is 2.48. The second-order valence-corrected chi connectivity index (χ2v) is 7.17. The molecule has 96 valence electrons. The quantitative estimate of drug-likeness (QED) is 0.805. The van der Waals surface area contributed by atoms with Crippen LogP contribution in [0.4, 0.5) is 0 Å². The third-order valence-corrected chi connectivity index (χ3v) is 4.88. The van der Waals surface area contributed by atoms with Crippen LogP contribution in [0.25, 0.3) is 0 Å². The third kappa shape index (κ3) is 3.82. The Hall–Kier alpha value is 0.0700. The molecule has 0 aliphatic carbocycles. The zero-order valence-electron chi connectivity index (χ0n) is 11.2. The van der Waals surface area contributed by atoms with Gasteiger partial charge in [-0.2, -0.15) is 0 Å². The third-order valence-electron chi connectivity index (χ3n) is 3.59. The highest BCUT2D eigenvalue weighted by atomic mass is 32.2. The molecule has 0 radical (unpaired) electrons. The molecule has 3 nitrogen and oxygen atoms in total. The molecular weight excluding hydrogens is 220 g/mol.